The number of rotatable bonds is 8. The molecule has 2 N–H and O–H groups in total. The van der Waals surface area contributed by atoms with Gasteiger partial charge >= 0.3 is 30.3 Å². The van der Waals surface area contributed by atoms with Crippen LogP contribution in [0.15, 0.2) is 23.0 Å². The molecule has 0 unspecified atom stereocenters. The van der Waals surface area contributed by atoms with E-state index in [1.165, 1.54) is 0 Å². The minimum absolute atomic E-state index is 0.0858. The molecule has 0 spiro atoms. The van der Waals surface area contributed by atoms with Gasteiger partial charge in [-0.2, -0.15) is 0 Å². The Morgan fingerprint density at radius 2 is 1.65 bits per heavy atom. The smallest absolute Gasteiger partial charge is 0.368 e. The summed E-state index contributed by atoms with van der Waals surface area (Å²) in [6, 6.07) is 6.27. The lowest BCUT2D eigenvalue weighted by molar-refractivity contribution is -0.600. The van der Waals surface area contributed by atoms with Gasteiger partial charge in [0.25, 0.3) is 0 Å². The standard InChI is InChI=1S/C20H26INO4/c1-6-15-17(20(25-7-2)26-8-3)22-19(24)16(18(15)23)21-14-10-12(4)9-13(5)11-14/h9-11,20H,6-8H2,1-5H3,(H-,22,23,24)/p+1. The van der Waals surface area contributed by atoms with Crippen LogP contribution < -0.4 is 26.8 Å². The summed E-state index contributed by atoms with van der Waals surface area (Å²) in [4.78, 5) is 15.6. The van der Waals surface area contributed by atoms with Crippen LogP contribution >= 0.6 is 0 Å². The van der Waals surface area contributed by atoms with Gasteiger partial charge in [0.05, 0.1) is 5.69 Å². The van der Waals surface area contributed by atoms with Gasteiger partial charge in [-0.25, -0.2) is 0 Å². The van der Waals surface area contributed by atoms with Gasteiger partial charge in [-0.05, 0) is 57.4 Å². The average Bonchev–Trinajstić information content (AvgIpc) is 2.57. The van der Waals surface area contributed by atoms with Crippen molar-refractivity contribution >= 4 is 0 Å². The molecule has 0 fully saturated rings. The third-order valence-electron chi connectivity index (χ3n) is 3.88. The number of H-pyrrole nitrogens is 1. The highest BCUT2D eigenvalue weighted by molar-refractivity contribution is 5.35. The van der Waals surface area contributed by atoms with E-state index in [1.54, 1.807) is 0 Å². The van der Waals surface area contributed by atoms with Crippen molar-refractivity contribution in [2.24, 2.45) is 0 Å². The molecule has 26 heavy (non-hydrogen) atoms. The summed E-state index contributed by atoms with van der Waals surface area (Å²) in [5.74, 6) is 0.0858. The summed E-state index contributed by atoms with van der Waals surface area (Å²) in [5, 5.41) is 10.8. The summed E-state index contributed by atoms with van der Waals surface area (Å²) in [7, 11) is 0. The molecule has 0 radical (unpaired) electrons. The maximum Gasteiger partial charge on any atom is 0.368 e. The van der Waals surface area contributed by atoms with E-state index >= 15 is 0 Å². The number of benzene rings is 1. The minimum atomic E-state index is -0.796. The topological polar surface area (TPSA) is 71.5 Å². The van der Waals surface area contributed by atoms with Crippen molar-refractivity contribution in [3.05, 3.63) is 58.1 Å². The van der Waals surface area contributed by atoms with E-state index in [0.717, 1.165) is 14.7 Å². The number of aromatic hydroxyl groups is 1. The van der Waals surface area contributed by atoms with Gasteiger partial charge in [-0.1, -0.05) is 13.0 Å². The highest BCUT2D eigenvalue weighted by Crippen LogP contribution is 2.26. The summed E-state index contributed by atoms with van der Waals surface area (Å²) < 4.78 is 12.8. The molecule has 6 heteroatoms. The van der Waals surface area contributed by atoms with E-state index in [4.69, 9.17) is 9.47 Å². The Morgan fingerprint density at radius 1 is 1.08 bits per heavy atom. The Kier molecular flexibility index (Phi) is 7.67. The predicted molar refractivity (Wildman–Crippen MR) is 97.4 cm³/mol. The fourth-order valence-electron chi connectivity index (χ4n) is 2.87. The molecule has 2 aromatic rings. The monoisotopic (exact) mass is 472 g/mol. The Bertz CT molecular complexity index is 790. The molecule has 0 aliphatic heterocycles. The highest BCUT2D eigenvalue weighted by atomic mass is 127. The first-order valence-corrected chi connectivity index (χ1v) is 11.0. The zero-order chi connectivity index (χ0) is 19.3. The van der Waals surface area contributed by atoms with Crippen LogP contribution in [-0.4, -0.2) is 23.3 Å². The number of aromatic nitrogens is 1. The summed E-state index contributed by atoms with van der Waals surface area (Å²) in [6.07, 6.45) is -0.0925. The van der Waals surface area contributed by atoms with Crippen molar-refractivity contribution in [2.75, 3.05) is 13.2 Å². The van der Waals surface area contributed by atoms with Crippen molar-refractivity contribution in [2.45, 2.75) is 47.3 Å². The van der Waals surface area contributed by atoms with Crippen LogP contribution in [0.25, 0.3) is 0 Å². The molecule has 142 valence electrons. The Labute approximate surface area is 165 Å². The molecular formula is C20H27INO4+. The lowest BCUT2D eigenvalue weighted by Crippen LogP contribution is -3.62. The van der Waals surface area contributed by atoms with E-state index in [1.807, 2.05) is 34.6 Å². The van der Waals surface area contributed by atoms with Crippen molar-refractivity contribution in [1.82, 2.24) is 4.98 Å². The van der Waals surface area contributed by atoms with Gasteiger partial charge in [0.15, 0.2) is 15.6 Å². The molecule has 5 nitrogen and oxygen atoms in total. The van der Waals surface area contributed by atoms with Gasteiger partial charge < -0.3 is 19.6 Å². The zero-order valence-corrected chi connectivity index (χ0v) is 18.1. The normalized spacial score (nSPS) is 11.3. The fourth-order valence-corrected chi connectivity index (χ4v) is 5.74. The highest BCUT2D eigenvalue weighted by Gasteiger charge is 2.31. The third-order valence-corrected chi connectivity index (χ3v) is 6.67. The van der Waals surface area contributed by atoms with E-state index in [0.29, 0.717) is 34.5 Å². The number of aryl methyl sites for hydroxylation is 2. The average molecular weight is 472 g/mol. The van der Waals surface area contributed by atoms with Gasteiger partial charge in [0.2, 0.25) is 0 Å². The van der Waals surface area contributed by atoms with Crippen LogP contribution in [0.5, 0.6) is 5.75 Å². The number of pyridine rings is 1. The molecule has 0 aliphatic carbocycles. The number of ether oxygens (including phenoxy) is 2. The largest absolute Gasteiger partial charge is 0.503 e. The Balaban J connectivity index is 2.51. The molecule has 0 aliphatic rings. The van der Waals surface area contributed by atoms with Crippen molar-refractivity contribution in [3.63, 3.8) is 0 Å². The first-order chi connectivity index (χ1) is 12.4. The zero-order valence-electron chi connectivity index (χ0n) is 16.0. The maximum absolute atomic E-state index is 12.7. The van der Waals surface area contributed by atoms with Crippen molar-refractivity contribution in [1.29, 1.82) is 0 Å². The van der Waals surface area contributed by atoms with Crippen LogP contribution in [0.3, 0.4) is 0 Å². The Hall–Kier alpha value is -1.38. The molecule has 1 heterocycles. The number of aromatic amines is 1. The molecule has 0 atom stereocenters. The summed E-state index contributed by atoms with van der Waals surface area (Å²) >= 11 is -0.796. The van der Waals surface area contributed by atoms with Crippen LogP contribution in [0.2, 0.25) is 0 Å². The second-order valence-electron chi connectivity index (χ2n) is 6.01. The first kappa shape index (κ1) is 20.9. The van der Waals surface area contributed by atoms with E-state index in [-0.39, 0.29) is 11.3 Å². The molecule has 1 aromatic heterocycles. The van der Waals surface area contributed by atoms with Crippen LogP contribution in [-0.2, 0) is 15.9 Å². The van der Waals surface area contributed by atoms with E-state index in [2.05, 4.69) is 23.2 Å². The van der Waals surface area contributed by atoms with Crippen LogP contribution in [0.4, 0.5) is 0 Å². The number of nitrogens with one attached hydrogen (secondary N) is 1. The van der Waals surface area contributed by atoms with E-state index < -0.39 is 27.5 Å². The van der Waals surface area contributed by atoms with Crippen LogP contribution in [0.1, 0.15) is 49.4 Å². The quantitative estimate of drug-likeness (QED) is 0.433. The predicted octanol–water partition coefficient (Wildman–Crippen LogP) is 0.460. The lowest BCUT2D eigenvalue weighted by atomic mass is 10.1. The molecule has 2 rings (SSSR count). The number of hydrogen-bond acceptors (Lipinski definition) is 4. The van der Waals surface area contributed by atoms with Gasteiger partial charge in [0.1, 0.15) is 0 Å². The number of hydrogen-bond donors (Lipinski definition) is 2. The maximum atomic E-state index is 12.7. The second-order valence-corrected chi connectivity index (χ2v) is 8.87. The number of halogens is 1. The van der Waals surface area contributed by atoms with Crippen LogP contribution in [0, 0.1) is 21.0 Å². The fraction of sp³-hybridized carbons (Fsp3) is 0.450. The second kappa shape index (κ2) is 9.53. The van der Waals surface area contributed by atoms with Gasteiger partial charge in [-0.15, -0.1) is 0 Å². The van der Waals surface area contributed by atoms with E-state index in [9.17, 15) is 9.90 Å². The molecular weight excluding hydrogens is 445 g/mol. The molecule has 0 bridgehead atoms. The SMILES string of the molecule is CCOC(OCC)c1[nH]c(=O)c([I+]c2cc(C)cc(C)c2)c(O)c1CC. The lowest BCUT2D eigenvalue weighted by Gasteiger charge is -2.19. The molecule has 1 aromatic carbocycles. The molecule has 0 amide bonds. The van der Waals surface area contributed by atoms with Crippen molar-refractivity contribution < 1.29 is 35.8 Å². The molecule has 0 saturated heterocycles. The van der Waals surface area contributed by atoms with Crippen molar-refractivity contribution in [3.8, 4) is 5.75 Å². The summed E-state index contributed by atoms with van der Waals surface area (Å²) in [5.41, 5.74) is 3.28. The first-order valence-electron chi connectivity index (χ1n) is 8.85. The van der Waals surface area contributed by atoms with Gasteiger partial charge in [0, 0.05) is 18.8 Å². The Morgan fingerprint density at radius 3 is 2.15 bits per heavy atom. The van der Waals surface area contributed by atoms with Gasteiger partial charge in [-0.3, -0.25) is 4.79 Å². The third kappa shape index (κ3) is 4.86. The molecule has 0 saturated carbocycles. The minimum Gasteiger partial charge on any atom is -0.503 e. The summed E-state index contributed by atoms with van der Waals surface area (Å²) in [6.45, 7) is 10.7.